The molecule has 0 atom stereocenters. The standard InChI is InChI=1S/C12H16BrN/c1-4-5-6-14-12-9(2)7-11(13)8-10(12)3/h4-5,7-8,14H,6H2,1-3H3/b5-4+. The van der Waals surface area contributed by atoms with Crippen molar-refractivity contribution < 1.29 is 0 Å². The maximum atomic E-state index is 3.49. The molecule has 1 nitrogen and oxygen atoms in total. The van der Waals surface area contributed by atoms with Crippen LogP contribution in [0.3, 0.4) is 0 Å². The quantitative estimate of drug-likeness (QED) is 0.802. The van der Waals surface area contributed by atoms with Gasteiger partial charge in [-0.15, -0.1) is 0 Å². The van der Waals surface area contributed by atoms with Crippen LogP contribution in [0, 0.1) is 13.8 Å². The van der Waals surface area contributed by atoms with E-state index in [9.17, 15) is 0 Å². The molecule has 0 saturated carbocycles. The van der Waals surface area contributed by atoms with Crippen molar-refractivity contribution in [1.29, 1.82) is 0 Å². The Hall–Kier alpha value is -0.760. The molecule has 0 heterocycles. The van der Waals surface area contributed by atoms with E-state index in [0.717, 1.165) is 11.0 Å². The Morgan fingerprint density at radius 1 is 1.29 bits per heavy atom. The Kier molecular flexibility index (Phi) is 4.21. The highest BCUT2D eigenvalue weighted by Crippen LogP contribution is 2.24. The van der Waals surface area contributed by atoms with Gasteiger partial charge in [0.25, 0.3) is 0 Å². The van der Waals surface area contributed by atoms with Gasteiger partial charge in [0.1, 0.15) is 0 Å². The minimum atomic E-state index is 0.889. The summed E-state index contributed by atoms with van der Waals surface area (Å²) in [4.78, 5) is 0. The van der Waals surface area contributed by atoms with Gasteiger partial charge in [0.2, 0.25) is 0 Å². The smallest absolute Gasteiger partial charge is 0.0402 e. The van der Waals surface area contributed by atoms with Crippen LogP contribution in [-0.2, 0) is 0 Å². The van der Waals surface area contributed by atoms with Gasteiger partial charge in [0.05, 0.1) is 0 Å². The molecule has 1 aromatic carbocycles. The Morgan fingerprint density at radius 2 is 1.86 bits per heavy atom. The largest absolute Gasteiger partial charge is 0.381 e. The van der Waals surface area contributed by atoms with Gasteiger partial charge in [0.15, 0.2) is 0 Å². The van der Waals surface area contributed by atoms with E-state index in [0.29, 0.717) is 0 Å². The van der Waals surface area contributed by atoms with Crippen LogP contribution in [-0.4, -0.2) is 6.54 Å². The van der Waals surface area contributed by atoms with Crippen molar-refractivity contribution in [3.63, 3.8) is 0 Å². The molecule has 0 fully saturated rings. The fraction of sp³-hybridized carbons (Fsp3) is 0.333. The molecule has 1 rings (SSSR count). The summed E-state index contributed by atoms with van der Waals surface area (Å²) in [6.45, 7) is 7.16. The first-order chi connectivity index (χ1) is 6.65. The molecular formula is C12H16BrN. The molecule has 0 spiro atoms. The Labute approximate surface area is 94.3 Å². The van der Waals surface area contributed by atoms with Crippen molar-refractivity contribution in [3.8, 4) is 0 Å². The average Bonchev–Trinajstić information content (AvgIpc) is 2.09. The van der Waals surface area contributed by atoms with E-state index in [4.69, 9.17) is 0 Å². The number of aryl methyl sites for hydroxylation is 2. The van der Waals surface area contributed by atoms with Gasteiger partial charge in [-0.2, -0.15) is 0 Å². The van der Waals surface area contributed by atoms with Gasteiger partial charge >= 0.3 is 0 Å². The van der Waals surface area contributed by atoms with Crippen molar-refractivity contribution >= 4 is 21.6 Å². The van der Waals surface area contributed by atoms with Crippen molar-refractivity contribution in [2.45, 2.75) is 20.8 Å². The maximum absolute atomic E-state index is 3.49. The molecule has 0 unspecified atom stereocenters. The van der Waals surface area contributed by atoms with Gasteiger partial charge < -0.3 is 5.32 Å². The zero-order chi connectivity index (χ0) is 10.6. The van der Waals surface area contributed by atoms with Crippen molar-refractivity contribution in [2.24, 2.45) is 0 Å². The maximum Gasteiger partial charge on any atom is 0.0402 e. The van der Waals surface area contributed by atoms with Crippen LogP contribution in [0.1, 0.15) is 18.1 Å². The lowest BCUT2D eigenvalue weighted by Gasteiger charge is -2.11. The van der Waals surface area contributed by atoms with Crippen LogP contribution in [0.15, 0.2) is 28.8 Å². The summed E-state index contributed by atoms with van der Waals surface area (Å²) in [5.41, 5.74) is 3.80. The lowest BCUT2D eigenvalue weighted by atomic mass is 10.1. The summed E-state index contributed by atoms with van der Waals surface area (Å²) in [5, 5.41) is 3.40. The molecule has 0 aromatic heterocycles. The number of rotatable bonds is 3. The van der Waals surface area contributed by atoms with E-state index in [1.54, 1.807) is 0 Å². The highest BCUT2D eigenvalue weighted by molar-refractivity contribution is 9.10. The molecule has 1 aromatic rings. The lowest BCUT2D eigenvalue weighted by molar-refractivity contribution is 1.26. The SMILES string of the molecule is C/C=C/CNc1c(C)cc(Br)cc1C. The van der Waals surface area contributed by atoms with E-state index in [1.807, 2.05) is 6.92 Å². The molecule has 1 N–H and O–H groups in total. The molecule has 0 radical (unpaired) electrons. The normalized spacial score (nSPS) is 10.9. The van der Waals surface area contributed by atoms with Crippen LogP contribution >= 0.6 is 15.9 Å². The highest BCUT2D eigenvalue weighted by atomic mass is 79.9. The Bertz CT molecular complexity index is 319. The molecule has 76 valence electrons. The van der Waals surface area contributed by atoms with Crippen LogP contribution in [0.4, 0.5) is 5.69 Å². The number of benzene rings is 1. The van der Waals surface area contributed by atoms with E-state index in [-0.39, 0.29) is 0 Å². The number of halogens is 1. The lowest BCUT2D eigenvalue weighted by Crippen LogP contribution is -2.02. The summed E-state index contributed by atoms with van der Waals surface area (Å²) < 4.78 is 1.14. The number of nitrogens with one attached hydrogen (secondary N) is 1. The van der Waals surface area contributed by atoms with Crippen molar-refractivity contribution in [1.82, 2.24) is 0 Å². The molecule has 0 aliphatic heterocycles. The second-order valence-corrected chi connectivity index (χ2v) is 4.28. The van der Waals surface area contributed by atoms with E-state index < -0.39 is 0 Å². The zero-order valence-corrected chi connectivity index (χ0v) is 10.5. The molecule has 0 aliphatic rings. The third kappa shape index (κ3) is 2.88. The summed E-state index contributed by atoms with van der Waals surface area (Å²) in [5.74, 6) is 0. The fourth-order valence-corrected chi connectivity index (χ4v) is 2.16. The third-order valence-corrected chi connectivity index (χ3v) is 2.59. The molecule has 0 bridgehead atoms. The van der Waals surface area contributed by atoms with Gasteiger partial charge in [0, 0.05) is 16.7 Å². The second kappa shape index (κ2) is 5.20. The monoisotopic (exact) mass is 253 g/mol. The summed E-state index contributed by atoms with van der Waals surface area (Å²) >= 11 is 3.49. The topological polar surface area (TPSA) is 12.0 Å². The van der Waals surface area contributed by atoms with Gasteiger partial charge in [-0.1, -0.05) is 28.1 Å². The van der Waals surface area contributed by atoms with E-state index >= 15 is 0 Å². The first kappa shape index (κ1) is 11.3. The predicted molar refractivity (Wildman–Crippen MR) is 66.9 cm³/mol. The van der Waals surface area contributed by atoms with Crippen LogP contribution < -0.4 is 5.32 Å². The summed E-state index contributed by atoms with van der Waals surface area (Å²) in [6, 6.07) is 4.26. The number of hydrogen-bond donors (Lipinski definition) is 1. The number of hydrogen-bond acceptors (Lipinski definition) is 1. The summed E-state index contributed by atoms with van der Waals surface area (Å²) in [6.07, 6.45) is 4.16. The average molecular weight is 254 g/mol. The first-order valence-corrected chi connectivity index (χ1v) is 5.56. The van der Waals surface area contributed by atoms with E-state index in [2.05, 4.69) is 59.4 Å². The van der Waals surface area contributed by atoms with Crippen LogP contribution in [0.25, 0.3) is 0 Å². The molecular weight excluding hydrogens is 238 g/mol. The molecule has 0 amide bonds. The van der Waals surface area contributed by atoms with Gasteiger partial charge in [-0.05, 0) is 44.0 Å². The molecule has 14 heavy (non-hydrogen) atoms. The Balaban J connectivity index is 2.85. The minimum Gasteiger partial charge on any atom is -0.381 e. The fourth-order valence-electron chi connectivity index (χ4n) is 1.47. The van der Waals surface area contributed by atoms with Crippen molar-refractivity contribution in [3.05, 3.63) is 39.9 Å². The van der Waals surface area contributed by atoms with Crippen molar-refractivity contribution in [2.75, 3.05) is 11.9 Å². The van der Waals surface area contributed by atoms with Gasteiger partial charge in [-0.3, -0.25) is 0 Å². The predicted octanol–water partition coefficient (Wildman–Crippen LogP) is 4.05. The number of anilines is 1. The van der Waals surface area contributed by atoms with Crippen LogP contribution in [0.2, 0.25) is 0 Å². The van der Waals surface area contributed by atoms with Gasteiger partial charge in [-0.25, -0.2) is 0 Å². The first-order valence-electron chi connectivity index (χ1n) is 4.77. The summed E-state index contributed by atoms with van der Waals surface area (Å²) in [7, 11) is 0. The molecule has 0 aliphatic carbocycles. The third-order valence-electron chi connectivity index (χ3n) is 2.13. The van der Waals surface area contributed by atoms with Crippen LogP contribution in [0.5, 0.6) is 0 Å². The molecule has 0 saturated heterocycles. The zero-order valence-electron chi connectivity index (χ0n) is 8.89. The minimum absolute atomic E-state index is 0.889. The molecule has 2 heteroatoms. The Morgan fingerprint density at radius 3 is 2.36 bits per heavy atom. The van der Waals surface area contributed by atoms with E-state index in [1.165, 1.54) is 16.8 Å². The number of allylic oxidation sites excluding steroid dienone is 1. The highest BCUT2D eigenvalue weighted by Gasteiger charge is 2.02. The second-order valence-electron chi connectivity index (χ2n) is 3.36.